The lowest BCUT2D eigenvalue weighted by Crippen LogP contribution is -2.17. The number of carbonyl (C=O) groups excluding carboxylic acids is 1. The van der Waals surface area contributed by atoms with Crippen molar-refractivity contribution in [2.45, 2.75) is 13.1 Å². The molecule has 27 heavy (non-hydrogen) atoms. The van der Waals surface area contributed by atoms with Crippen LogP contribution in [0.15, 0.2) is 12.1 Å². The number of halogens is 5. The van der Waals surface area contributed by atoms with Gasteiger partial charge in [-0.2, -0.15) is 28.8 Å². The Bertz CT molecular complexity index is 966. The van der Waals surface area contributed by atoms with Crippen molar-refractivity contribution >= 4 is 35.1 Å². The molecule has 0 unspecified atom stereocenters. The molecule has 0 aliphatic heterocycles. The van der Waals surface area contributed by atoms with Crippen LogP contribution in [0.3, 0.4) is 0 Å². The minimum atomic E-state index is -4.70. The summed E-state index contributed by atoms with van der Waals surface area (Å²) in [5.41, 5.74) is -2.08. The molecule has 0 aliphatic carbocycles. The minimum Gasteiger partial charge on any atom is -0.450 e. The number of ether oxygens (including phenoxy) is 1. The Morgan fingerprint density at radius 1 is 1.30 bits per heavy atom. The van der Waals surface area contributed by atoms with E-state index in [1.54, 1.807) is 12.1 Å². The standard InChI is InChI=1S/C15H8Cl2F3N5O2/c1-2-27-14(26)23-13-8(5-21)11(6-22)24-25(13)12-9(16)3-7(4-10(12)17)15(18,19)20/h3-4H,2H2,1H3,(H,23,26). The van der Waals surface area contributed by atoms with Gasteiger partial charge in [-0.25, -0.2) is 9.48 Å². The van der Waals surface area contributed by atoms with Crippen molar-refractivity contribution in [3.05, 3.63) is 39.0 Å². The minimum absolute atomic E-state index is 0.00869. The summed E-state index contributed by atoms with van der Waals surface area (Å²) < 4.78 is 44.2. The number of carbonyl (C=O) groups is 1. The van der Waals surface area contributed by atoms with E-state index in [1.807, 2.05) is 0 Å². The van der Waals surface area contributed by atoms with Gasteiger partial charge in [0, 0.05) is 0 Å². The number of hydrogen-bond donors (Lipinski definition) is 1. The van der Waals surface area contributed by atoms with Crippen molar-refractivity contribution in [3.63, 3.8) is 0 Å². The van der Waals surface area contributed by atoms with Crippen LogP contribution in [0.2, 0.25) is 10.0 Å². The zero-order valence-corrected chi connectivity index (χ0v) is 14.9. The average Bonchev–Trinajstić information content (AvgIpc) is 2.90. The molecule has 7 nitrogen and oxygen atoms in total. The molecule has 0 radical (unpaired) electrons. The first-order valence-electron chi connectivity index (χ1n) is 7.07. The molecule has 0 saturated carbocycles. The number of nitrogens with one attached hydrogen (secondary N) is 1. The van der Waals surface area contributed by atoms with Gasteiger partial charge in [0.05, 0.1) is 22.2 Å². The van der Waals surface area contributed by atoms with E-state index in [1.165, 1.54) is 6.92 Å². The molecule has 140 valence electrons. The Hall–Kier alpha value is -2.95. The van der Waals surface area contributed by atoms with Crippen LogP contribution in [0.1, 0.15) is 23.7 Å². The number of aromatic nitrogens is 2. The van der Waals surface area contributed by atoms with Crippen molar-refractivity contribution in [1.29, 1.82) is 10.5 Å². The second kappa shape index (κ2) is 7.74. The smallest absolute Gasteiger partial charge is 0.416 e. The summed E-state index contributed by atoms with van der Waals surface area (Å²) in [4.78, 5) is 11.7. The molecule has 2 rings (SSSR count). The molecular formula is C15H8Cl2F3N5O2. The molecular weight excluding hydrogens is 410 g/mol. The van der Waals surface area contributed by atoms with Crippen molar-refractivity contribution in [3.8, 4) is 17.8 Å². The number of nitriles is 2. The highest BCUT2D eigenvalue weighted by Crippen LogP contribution is 2.39. The third-order valence-electron chi connectivity index (χ3n) is 3.16. The molecule has 12 heteroatoms. The summed E-state index contributed by atoms with van der Waals surface area (Å²) in [7, 11) is 0. The molecule has 0 fully saturated rings. The van der Waals surface area contributed by atoms with E-state index in [-0.39, 0.29) is 23.7 Å². The predicted octanol–water partition coefficient (Wildman–Crippen LogP) is 4.51. The summed E-state index contributed by atoms with van der Waals surface area (Å²) in [5.74, 6) is -0.323. The lowest BCUT2D eigenvalue weighted by Gasteiger charge is -2.14. The van der Waals surface area contributed by atoms with E-state index >= 15 is 0 Å². The van der Waals surface area contributed by atoms with Gasteiger partial charge in [0.1, 0.15) is 23.4 Å². The first-order valence-corrected chi connectivity index (χ1v) is 7.83. The molecule has 1 N–H and O–H groups in total. The van der Waals surface area contributed by atoms with Crippen LogP contribution in [0.5, 0.6) is 0 Å². The van der Waals surface area contributed by atoms with Crippen LogP contribution in [0.4, 0.5) is 23.8 Å². The molecule has 1 heterocycles. The molecule has 0 aliphatic rings. The van der Waals surface area contributed by atoms with Crippen molar-refractivity contribution in [1.82, 2.24) is 9.78 Å². The molecule has 2 aromatic rings. The van der Waals surface area contributed by atoms with E-state index in [9.17, 15) is 23.2 Å². The molecule has 0 saturated heterocycles. The van der Waals surface area contributed by atoms with Gasteiger partial charge in [0.25, 0.3) is 0 Å². The largest absolute Gasteiger partial charge is 0.450 e. The van der Waals surface area contributed by atoms with E-state index in [2.05, 4.69) is 10.4 Å². The third kappa shape index (κ3) is 4.08. The SMILES string of the molecule is CCOC(=O)Nc1c(C#N)c(C#N)nn1-c1c(Cl)cc(C(F)(F)F)cc1Cl. The van der Waals surface area contributed by atoms with Crippen LogP contribution >= 0.6 is 23.2 Å². The number of benzene rings is 1. The fourth-order valence-corrected chi connectivity index (χ4v) is 2.72. The average molecular weight is 418 g/mol. The van der Waals surface area contributed by atoms with Gasteiger partial charge in [-0.3, -0.25) is 5.32 Å². The second-order valence-electron chi connectivity index (χ2n) is 4.84. The lowest BCUT2D eigenvalue weighted by atomic mass is 10.2. The number of alkyl halides is 3. The number of anilines is 1. The van der Waals surface area contributed by atoms with Crippen LogP contribution in [-0.2, 0) is 10.9 Å². The Morgan fingerprint density at radius 3 is 2.33 bits per heavy atom. The van der Waals surface area contributed by atoms with Gasteiger partial charge in [0.15, 0.2) is 11.5 Å². The second-order valence-corrected chi connectivity index (χ2v) is 5.65. The lowest BCUT2D eigenvalue weighted by molar-refractivity contribution is -0.137. The molecule has 1 aromatic heterocycles. The quantitative estimate of drug-likeness (QED) is 0.790. The third-order valence-corrected chi connectivity index (χ3v) is 3.73. The van der Waals surface area contributed by atoms with Gasteiger partial charge in [0.2, 0.25) is 0 Å². The normalized spacial score (nSPS) is 10.8. The maximum Gasteiger partial charge on any atom is 0.416 e. The fraction of sp³-hybridized carbons (Fsp3) is 0.200. The Labute approximate surface area is 160 Å². The van der Waals surface area contributed by atoms with Crippen LogP contribution in [-0.4, -0.2) is 22.5 Å². The van der Waals surface area contributed by atoms with Crippen LogP contribution < -0.4 is 5.32 Å². The van der Waals surface area contributed by atoms with Gasteiger partial charge in [-0.15, -0.1) is 0 Å². The van der Waals surface area contributed by atoms with Crippen LogP contribution in [0, 0.1) is 22.7 Å². The van der Waals surface area contributed by atoms with Gasteiger partial charge >= 0.3 is 12.3 Å². The topological polar surface area (TPSA) is 104 Å². The summed E-state index contributed by atoms with van der Waals surface area (Å²) in [6.45, 7) is 1.54. The first-order chi connectivity index (χ1) is 12.6. The van der Waals surface area contributed by atoms with E-state index in [0.717, 1.165) is 4.68 Å². The maximum absolute atomic E-state index is 12.9. The zero-order valence-electron chi connectivity index (χ0n) is 13.4. The highest BCUT2D eigenvalue weighted by molar-refractivity contribution is 6.38. The molecule has 1 aromatic carbocycles. The zero-order chi connectivity index (χ0) is 20.4. The number of rotatable bonds is 3. The number of hydrogen-bond acceptors (Lipinski definition) is 5. The fourth-order valence-electron chi connectivity index (χ4n) is 2.07. The van der Waals surface area contributed by atoms with Gasteiger partial charge in [-0.05, 0) is 19.1 Å². The number of nitrogens with zero attached hydrogens (tertiary/aromatic N) is 4. The molecule has 0 bridgehead atoms. The predicted molar refractivity (Wildman–Crippen MR) is 88.7 cm³/mol. The Kier molecular flexibility index (Phi) is 5.84. The van der Waals surface area contributed by atoms with Crippen LogP contribution in [0.25, 0.3) is 5.69 Å². The monoisotopic (exact) mass is 417 g/mol. The highest BCUT2D eigenvalue weighted by Gasteiger charge is 2.33. The first kappa shape index (κ1) is 20.4. The molecule has 0 spiro atoms. The molecule has 0 atom stereocenters. The van der Waals surface area contributed by atoms with E-state index in [4.69, 9.17) is 33.2 Å². The van der Waals surface area contributed by atoms with Crippen molar-refractivity contribution in [2.24, 2.45) is 0 Å². The molecule has 1 amide bonds. The highest BCUT2D eigenvalue weighted by atomic mass is 35.5. The van der Waals surface area contributed by atoms with E-state index in [0.29, 0.717) is 12.1 Å². The number of amides is 1. The summed E-state index contributed by atoms with van der Waals surface area (Å²) >= 11 is 11.9. The maximum atomic E-state index is 12.9. The Morgan fingerprint density at radius 2 is 1.89 bits per heavy atom. The summed E-state index contributed by atoms with van der Waals surface area (Å²) in [5, 5.41) is 23.5. The summed E-state index contributed by atoms with van der Waals surface area (Å²) in [6.07, 6.45) is -5.67. The van der Waals surface area contributed by atoms with E-state index < -0.39 is 33.6 Å². The Balaban J connectivity index is 2.72. The summed E-state index contributed by atoms with van der Waals surface area (Å²) in [6, 6.07) is 4.54. The van der Waals surface area contributed by atoms with Crippen molar-refractivity contribution in [2.75, 3.05) is 11.9 Å². The van der Waals surface area contributed by atoms with Gasteiger partial charge in [-0.1, -0.05) is 23.2 Å². The van der Waals surface area contributed by atoms with Gasteiger partial charge < -0.3 is 4.74 Å². The van der Waals surface area contributed by atoms with Crippen molar-refractivity contribution < 1.29 is 22.7 Å².